The van der Waals surface area contributed by atoms with E-state index in [0.29, 0.717) is 17.8 Å². The normalized spacial score (nSPS) is 10.4. The number of hydrazine groups is 1. The van der Waals surface area contributed by atoms with Gasteiger partial charge in [-0.3, -0.25) is 10.8 Å². The van der Waals surface area contributed by atoms with Gasteiger partial charge in [-0.15, -0.1) is 0 Å². The van der Waals surface area contributed by atoms with Crippen LogP contribution in [0.1, 0.15) is 6.92 Å². The van der Waals surface area contributed by atoms with Gasteiger partial charge in [0, 0.05) is 17.6 Å². The maximum Gasteiger partial charge on any atom is 0.167 e. The number of pyridine rings is 1. The zero-order valence-corrected chi connectivity index (χ0v) is 8.83. The van der Waals surface area contributed by atoms with Gasteiger partial charge in [-0.1, -0.05) is 0 Å². The van der Waals surface area contributed by atoms with Crippen molar-refractivity contribution in [2.75, 3.05) is 12.0 Å². The van der Waals surface area contributed by atoms with Crippen molar-refractivity contribution >= 4 is 16.6 Å². The average molecular weight is 221 g/mol. The molecule has 2 rings (SSSR count). The molecule has 0 radical (unpaired) electrons. The summed E-state index contributed by atoms with van der Waals surface area (Å²) in [6.07, 6.45) is 1.57. The summed E-state index contributed by atoms with van der Waals surface area (Å²) in [5, 5.41) is 0.731. The fourth-order valence-electron chi connectivity index (χ4n) is 1.54. The molecule has 1 aromatic heterocycles. The summed E-state index contributed by atoms with van der Waals surface area (Å²) >= 11 is 0. The third-order valence-corrected chi connectivity index (χ3v) is 2.25. The van der Waals surface area contributed by atoms with Crippen LogP contribution in [-0.2, 0) is 0 Å². The Morgan fingerprint density at radius 2 is 2.31 bits per heavy atom. The van der Waals surface area contributed by atoms with Crippen LogP contribution in [0.15, 0.2) is 24.4 Å². The van der Waals surface area contributed by atoms with Gasteiger partial charge in [-0.25, -0.2) is 4.39 Å². The molecule has 0 bridgehead atoms. The number of hydrogen-bond acceptors (Lipinski definition) is 4. The fraction of sp³-hybridized carbons (Fsp3) is 0.182. The molecule has 84 valence electrons. The van der Waals surface area contributed by atoms with Crippen LogP contribution in [-0.4, -0.2) is 11.6 Å². The van der Waals surface area contributed by atoms with Crippen molar-refractivity contribution < 1.29 is 9.13 Å². The van der Waals surface area contributed by atoms with Crippen molar-refractivity contribution in [1.82, 2.24) is 4.98 Å². The van der Waals surface area contributed by atoms with E-state index in [4.69, 9.17) is 10.6 Å². The van der Waals surface area contributed by atoms with E-state index in [1.165, 1.54) is 6.07 Å². The molecule has 16 heavy (non-hydrogen) atoms. The third kappa shape index (κ3) is 1.77. The Labute approximate surface area is 92.2 Å². The van der Waals surface area contributed by atoms with Gasteiger partial charge >= 0.3 is 0 Å². The Balaban J connectivity index is 2.65. The lowest BCUT2D eigenvalue weighted by molar-refractivity contribution is 0.322. The molecule has 4 nitrogen and oxygen atoms in total. The molecule has 0 spiro atoms. The predicted octanol–water partition coefficient (Wildman–Crippen LogP) is 2.06. The van der Waals surface area contributed by atoms with Gasteiger partial charge in [-0.2, -0.15) is 0 Å². The molecule has 0 fully saturated rings. The lowest BCUT2D eigenvalue weighted by atomic mass is 10.1. The number of ether oxygens (including phenoxy) is 1. The quantitative estimate of drug-likeness (QED) is 0.615. The number of nitrogens with zero attached hydrogens (tertiary/aromatic N) is 1. The van der Waals surface area contributed by atoms with Crippen molar-refractivity contribution in [3.63, 3.8) is 0 Å². The van der Waals surface area contributed by atoms with Gasteiger partial charge in [0.15, 0.2) is 11.6 Å². The Bertz CT molecular complexity index is 516. The molecule has 1 heterocycles. The maximum absolute atomic E-state index is 13.5. The van der Waals surface area contributed by atoms with E-state index in [9.17, 15) is 4.39 Å². The summed E-state index contributed by atoms with van der Waals surface area (Å²) in [5.41, 5.74) is 3.77. The van der Waals surface area contributed by atoms with Crippen molar-refractivity contribution in [3.05, 3.63) is 30.2 Å². The number of hydrogen-bond donors (Lipinski definition) is 2. The lowest BCUT2D eigenvalue weighted by Crippen LogP contribution is -2.07. The van der Waals surface area contributed by atoms with E-state index in [-0.39, 0.29) is 5.75 Å². The first kappa shape index (κ1) is 10.6. The zero-order valence-electron chi connectivity index (χ0n) is 8.83. The van der Waals surface area contributed by atoms with Gasteiger partial charge in [0.05, 0.1) is 17.8 Å². The summed E-state index contributed by atoms with van der Waals surface area (Å²) < 4.78 is 18.7. The van der Waals surface area contributed by atoms with E-state index in [1.54, 1.807) is 25.3 Å². The largest absolute Gasteiger partial charge is 0.491 e. The summed E-state index contributed by atoms with van der Waals surface area (Å²) in [6, 6.07) is 4.65. The minimum atomic E-state index is -0.420. The standard InChI is InChI=1S/C11H12FN3O/c1-2-16-11-5-7-9(15-13)3-4-14-10(7)6-8(11)12/h3-6H,2,13H2,1H3,(H,14,15). The highest BCUT2D eigenvalue weighted by Gasteiger charge is 2.08. The van der Waals surface area contributed by atoms with Crippen LogP contribution in [0.2, 0.25) is 0 Å². The molecule has 0 unspecified atom stereocenters. The van der Waals surface area contributed by atoms with E-state index < -0.39 is 5.82 Å². The SMILES string of the molecule is CCOc1cc2c(NN)ccnc2cc1F. The van der Waals surface area contributed by atoms with E-state index in [2.05, 4.69) is 10.4 Å². The smallest absolute Gasteiger partial charge is 0.167 e. The van der Waals surface area contributed by atoms with Gasteiger partial charge in [0.2, 0.25) is 0 Å². The second kappa shape index (κ2) is 4.32. The molecule has 0 aliphatic carbocycles. The highest BCUT2D eigenvalue weighted by Crippen LogP contribution is 2.28. The molecule has 2 aromatic rings. The van der Waals surface area contributed by atoms with Gasteiger partial charge in [0.1, 0.15) is 0 Å². The van der Waals surface area contributed by atoms with Crippen molar-refractivity contribution in [1.29, 1.82) is 0 Å². The topological polar surface area (TPSA) is 60.2 Å². The molecular weight excluding hydrogens is 209 g/mol. The molecule has 0 saturated carbocycles. The highest BCUT2D eigenvalue weighted by atomic mass is 19.1. The number of nitrogen functional groups attached to an aromatic ring is 1. The van der Waals surface area contributed by atoms with Gasteiger partial charge in [0.25, 0.3) is 0 Å². The third-order valence-electron chi connectivity index (χ3n) is 2.25. The number of fused-ring (bicyclic) bond motifs is 1. The van der Waals surface area contributed by atoms with Crippen molar-refractivity contribution in [2.24, 2.45) is 5.84 Å². The molecule has 0 amide bonds. The molecule has 0 aliphatic heterocycles. The second-order valence-electron chi connectivity index (χ2n) is 3.24. The molecule has 1 aromatic carbocycles. The average Bonchev–Trinajstić information content (AvgIpc) is 2.29. The zero-order chi connectivity index (χ0) is 11.5. The Morgan fingerprint density at radius 1 is 1.50 bits per heavy atom. The fourth-order valence-corrected chi connectivity index (χ4v) is 1.54. The predicted molar refractivity (Wildman–Crippen MR) is 60.7 cm³/mol. The van der Waals surface area contributed by atoms with Crippen LogP contribution in [0.3, 0.4) is 0 Å². The molecule has 0 saturated heterocycles. The van der Waals surface area contributed by atoms with Crippen LogP contribution in [0.4, 0.5) is 10.1 Å². The van der Waals surface area contributed by atoms with Crippen LogP contribution in [0.25, 0.3) is 10.9 Å². The number of anilines is 1. The number of halogens is 1. The summed E-state index contributed by atoms with van der Waals surface area (Å²) in [7, 11) is 0. The molecule has 0 atom stereocenters. The van der Waals surface area contributed by atoms with Gasteiger partial charge in [-0.05, 0) is 19.1 Å². The Hall–Kier alpha value is -1.88. The van der Waals surface area contributed by atoms with Crippen molar-refractivity contribution in [2.45, 2.75) is 6.92 Å². The monoisotopic (exact) mass is 221 g/mol. The number of nitrogens with two attached hydrogens (primary N) is 1. The minimum absolute atomic E-state index is 0.208. The first-order valence-electron chi connectivity index (χ1n) is 4.94. The van der Waals surface area contributed by atoms with E-state index in [0.717, 1.165) is 5.39 Å². The Kier molecular flexibility index (Phi) is 2.87. The molecule has 5 heteroatoms. The summed E-state index contributed by atoms with van der Waals surface area (Å²) in [4.78, 5) is 4.06. The summed E-state index contributed by atoms with van der Waals surface area (Å²) in [5.74, 6) is 5.15. The Morgan fingerprint density at radius 3 is 3.00 bits per heavy atom. The minimum Gasteiger partial charge on any atom is -0.491 e. The summed E-state index contributed by atoms with van der Waals surface area (Å²) in [6.45, 7) is 2.21. The van der Waals surface area contributed by atoms with Crippen LogP contribution >= 0.6 is 0 Å². The van der Waals surface area contributed by atoms with Crippen LogP contribution in [0.5, 0.6) is 5.75 Å². The maximum atomic E-state index is 13.5. The number of nitrogens with one attached hydrogen (secondary N) is 1. The first-order valence-corrected chi connectivity index (χ1v) is 4.94. The van der Waals surface area contributed by atoms with E-state index >= 15 is 0 Å². The molecule has 0 aliphatic rings. The van der Waals surface area contributed by atoms with E-state index in [1.807, 2.05) is 0 Å². The first-order chi connectivity index (χ1) is 7.76. The number of benzene rings is 1. The molecule has 3 N–H and O–H groups in total. The van der Waals surface area contributed by atoms with Crippen LogP contribution < -0.4 is 16.0 Å². The number of aromatic nitrogens is 1. The second-order valence-corrected chi connectivity index (χ2v) is 3.24. The lowest BCUT2D eigenvalue weighted by Gasteiger charge is -2.08. The van der Waals surface area contributed by atoms with Crippen LogP contribution in [0, 0.1) is 5.82 Å². The van der Waals surface area contributed by atoms with Crippen molar-refractivity contribution in [3.8, 4) is 5.75 Å². The number of rotatable bonds is 3. The molecular formula is C11H12FN3O. The highest BCUT2D eigenvalue weighted by molar-refractivity contribution is 5.91. The van der Waals surface area contributed by atoms with Gasteiger partial charge < -0.3 is 10.2 Å².